The number of carbonyl (C=O) groups excluding carboxylic acids is 4. The number of rotatable bonds is 9. The molecular weight excluding hydrogens is 622 g/mol. The first-order chi connectivity index (χ1) is 22.8. The summed E-state index contributed by atoms with van der Waals surface area (Å²) in [5.74, 6) is -1.51. The highest BCUT2D eigenvalue weighted by atomic mass is 16.6. The molecule has 0 radical (unpaired) electrons. The number of amides is 2. The largest absolute Gasteiger partial charge is 0.444 e. The molecule has 1 saturated heterocycles. The molecular formula is C34H43N5O9. The van der Waals surface area contributed by atoms with Gasteiger partial charge in [0.1, 0.15) is 28.7 Å². The molecule has 1 saturated carbocycles. The molecule has 1 atom stereocenters. The van der Waals surface area contributed by atoms with Gasteiger partial charge < -0.3 is 28.6 Å². The molecule has 2 amide bonds. The zero-order valence-corrected chi connectivity index (χ0v) is 28.5. The van der Waals surface area contributed by atoms with Gasteiger partial charge in [0, 0.05) is 26.1 Å². The predicted molar refractivity (Wildman–Crippen MR) is 171 cm³/mol. The molecule has 3 aromatic rings. The fraction of sp³-hybridized carbons (Fsp3) is 0.559. The highest BCUT2D eigenvalue weighted by Crippen LogP contribution is 2.44. The second-order valence-electron chi connectivity index (χ2n) is 13.4. The Morgan fingerprint density at radius 1 is 0.979 bits per heavy atom. The molecule has 1 aliphatic carbocycles. The van der Waals surface area contributed by atoms with Crippen molar-refractivity contribution in [2.75, 3.05) is 13.1 Å². The van der Waals surface area contributed by atoms with Crippen LogP contribution in [0.4, 0.5) is 4.79 Å². The first-order valence-electron chi connectivity index (χ1n) is 16.5. The van der Waals surface area contributed by atoms with Crippen LogP contribution in [0.2, 0.25) is 0 Å². The van der Waals surface area contributed by atoms with Gasteiger partial charge in [-0.15, -0.1) is 0 Å². The van der Waals surface area contributed by atoms with Crippen molar-refractivity contribution in [1.82, 2.24) is 25.5 Å². The van der Waals surface area contributed by atoms with Crippen molar-refractivity contribution in [3.8, 4) is 34.2 Å². The van der Waals surface area contributed by atoms with E-state index in [0.717, 1.165) is 12.8 Å². The maximum atomic E-state index is 13.7. The Morgan fingerprint density at radius 3 is 2.31 bits per heavy atom. The zero-order valence-electron chi connectivity index (χ0n) is 28.5. The van der Waals surface area contributed by atoms with Gasteiger partial charge in [-0.3, -0.25) is 14.5 Å². The molecule has 14 heteroatoms. The van der Waals surface area contributed by atoms with Gasteiger partial charge in [-0.05, 0) is 70.9 Å². The Morgan fingerprint density at radius 2 is 1.69 bits per heavy atom. The Kier molecular flexibility index (Phi) is 10.2. The number of benzene rings is 1. The third-order valence-electron chi connectivity index (χ3n) is 8.24. The first kappa shape index (κ1) is 34.6. The number of ether oxygens (including phenoxy) is 3. The zero-order chi connectivity index (χ0) is 34.7. The molecule has 2 fully saturated rings. The quantitative estimate of drug-likeness (QED) is 0.209. The summed E-state index contributed by atoms with van der Waals surface area (Å²) >= 11 is 0. The normalized spacial score (nSPS) is 16.8. The van der Waals surface area contributed by atoms with Crippen LogP contribution in [0, 0.1) is 12.8 Å². The van der Waals surface area contributed by atoms with Crippen LogP contribution in [0.15, 0.2) is 21.2 Å². The third kappa shape index (κ3) is 7.52. The van der Waals surface area contributed by atoms with Gasteiger partial charge in [-0.2, -0.15) is 4.98 Å². The maximum absolute atomic E-state index is 13.7. The standard InChI is InChI=1S/C34H43N5O9/c1-8-35-30(40)27-26(29-36-19(4)47-38-29)28(48-37-27)22-16-21(18(2)3)24(17-25(22)44-31(41)20-12-9-10-13-20)45-32(42)23-14-11-15-39(23)33(43)46-34(5,6)7/h16-18,20,23H,8-15H2,1-7H3,(H,35,40)/t23-/m0/s1. The number of aryl methyl sites for hydroxylation is 1. The lowest BCUT2D eigenvalue weighted by Gasteiger charge is -2.28. The topological polar surface area (TPSA) is 176 Å². The molecule has 258 valence electrons. The Bertz CT molecular complexity index is 1680. The number of likely N-dealkylation sites (tertiary alicyclic amines) is 1. The van der Waals surface area contributed by atoms with Crippen molar-refractivity contribution in [1.29, 1.82) is 0 Å². The van der Waals surface area contributed by atoms with Gasteiger partial charge in [0.25, 0.3) is 5.91 Å². The van der Waals surface area contributed by atoms with E-state index in [1.54, 1.807) is 40.7 Å². The molecule has 1 aromatic carbocycles. The summed E-state index contributed by atoms with van der Waals surface area (Å²) in [4.78, 5) is 58.8. The van der Waals surface area contributed by atoms with E-state index in [2.05, 4.69) is 20.6 Å². The van der Waals surface area contributed by atoms with E-state index in [4.69, 9.17) is 23.3 Å². The highest BCUT2D eigenvalue weighted by Gasteiger charge is 2.39. The molecule has 1 N–H and O–H groups in total. The lowest BCUT2D eigenvalue weighted by Crippen LogP contribution is -2.44. The Labute approximate surface area is 278 Å². The molecule has 0 unspecified atom stereocenters. The molecule has 0 bridgehead atoms. The second-order valence-corrected chi connectivity index (χ2v) is 13.4. The number of nitrogens with one attached hydrogen (secondary N) is 1. The summed E-state index contributed by atoms with van der Waals surface area (Å²) in [5.41, 5.74) is 0.192. The fourth-order valence-corrected chi connectivity index (χ4v) is 5.94. The van der Waals surface area contributed by atoms with Crippen molar-refractivity contribution in [3.63, 3.8) is 0 Å². The molecule has 14 nitrogen and oxygen atoms in total. The van der Waals surface area contributed by atoms with Gasteiger partial charge in [0.05, 0.1) is 11.5 Å². The van der Waals surface area contributed by atoms with E-state index in [9.17, 15) is 19.2 Å². The number of nitrogens with zero attached hydrogens (tertiary/aromatic N) is 4. The lowest BCUT2D eigenvalue weighted by atomic mass is 9.95. The fourth-order valence-electron chi connectivity index (χ4n) is 5.94. The van der Waals surface area contributed by atoms with Gasteiger partial charge >= 0.3 is 18.0 Å². The number of hydrogen-bond acceptors (Lipinski definition) is 12. The van der Waals surface area contributed by atoms with Gasteiger partial charge in [0.15, 0.2) is 11.5 Å². The first-order valence-corrected chi connectivity index (χ1v) is 16.5. The van der Waals surface area contributed by atoms with Crippen LogP contribution in [-0.2, 0) is 14.3 Å². The summed E-state index contributed by atoms with van der Waals surface area (Å²) in [6.07, 6.45) is 3.64. The summed E-state index contributed by atoms with van der Waals surface area (Å²) < 4.78 is 28.6. The number of esters is 2. The van der Waals surface area contributed by atoms with Gasteiger partial charge in [-0.25, -0.2) is 9.59 Å². The third-order valence-corrected chi connectivity index (χ3v) is 8.24. The van der Waals surface area contributed by atoms with Crippen LogP contribution in [-0.4, -0.2) is 68.9 Å². The molecule has 1 aliphatic heterocycles. The number of hydrogen-bond donors (Lipinski definition) is 1. The van der Waals surface area contributed by atoms with Crippen molar-refractivity contribution in [2.24, 2.45) is 5.92 Å². The van der Waals surface area contributed by atoms with Crippen molar-refractivity contribution >= 4 is 23.9 Å². The SMILES string of the molecule is CCNC(=O)c1noc(-c2cc(C(C)C)c(OC(=O)[C@@H]3CCCN3C(=O)OC(C)(C)C)cc2OC(=O)C2CCCC2)c1-c1noc(C)n1. The molecule has 5 rings (SSSR count). The maximum Gasteiger partial charge on any atom is 0.411 e. The molecule has 2 aliphatic rings. The van der Waals surface area contributed by atoms with E-state index in [1.807, 2.05) is 13.8 Å². The summed E-state index contributed by atoms with van der Waals surface area (Å²) in [5, 5.41) is 10.8. The molecule has 0 spiro atoms. The number of aromatic nitrogens is 3. The van der Waals surface area contributed by atoms with Crippen LogP contribution in [0.5, 0.6) is 11.5 Å². The van der Waals surface area contributed by atoms with Crippen LogP contribution in [0.3, 0.4) is 0 Å². The minimum absolute atomic E-state index is 0.0367. The smallest absolute Gasteiger partial charge is 0.411 e. The number of carbonyl (C=O) groups is 4. The minimum Gasteiger partial charge on any atom is -0.444 e. The average molecular weight is 666 g/mol. The molecule has 3 heterocycles. The molecule has 2 aromatic heterocycles. The van der Waals surface area contributed by atoms with Crippen LogP contribution in [0.25, 0.3) is 22.7 Å². The van der Waals surface area contributed by atoms with Crippen molar-refractivity contribution in [2.45, 2.75) is 105 Å². The molecule has 48 heavy (non-hydrogen) atoms. The van der Waals surface area contributed by atoms with E-state index in [1.165, 1.54) is 11.0 Å². The highest BCUT2D eigenvalue weighted by molar-refractivity contribution is 6.01. The summed E-state index contributed by atoms with van der Waals surface area (Å²) in [6, 6.07) is 2.30. The average Bonchev–Trinajstić information content (AvgIpc) is 3.83. The second kappa shape index (κ2) is 14.2. The monoisotopic (exact) mass is 665 g/mol. The lowest BCUT2D eigenvalue weighted by molar-refractivity contribution is -0.139. The Balaban J connectivity index is 1.60. The van der Waals surface area contributed by atoms with Crippen molar-refractivity contribution in [3.05, 3.63) is 29.3 Å². The minimum atomic E-state index is -0.856. The summed E-state index contributed by atoms with van der Waals surface area (Å²) in [7, 11) is 0. The summed E-state index contributed by atoms with van der Waals surface area (Å²) in [6.45, 7) is 13.2. The van der Waals surface area contributed by atoms with E-state index >= 15 is 0 Å². The van der Waals surface area contributed by atoms with Gasteiger partial charge in [0.2, 0.25) is 11.7 Å². The predicted octanol–water partition coefficient (Wildman–Crippen LogP) is 5.97. The van der Waals surface area contributed by atoms with Crippen molar-refractivity contribution < 1.29 is 42.4 Å². The van der Waals surface area contributed by atoms with Crippen LogP contribution in [0.1, 0.15) is 108 Å². The van der Waals surface area contributed by atoms with Crippen LogP contribution >= 0.6 is 0 Å². The van der Waals surface area contributed by atoms with E-state index < -0.39 is 35.6 Å². The Hall–Kier alpha value is -4.75. The van der Waals surface area contributed by atoms with E-state index in [-0.39, 0.29) is 57.6 Å². The van der Waals surface area contributed by atoms with Crippen LogP contribution < -0.4 is 14.8 Å². The van der Waals surface area contributed by atoms with Gasteiger partial charge in [-0.1, -0.05) is 37.0 Å². The van der Waals surface area contributed by atoms with E-state index in [0.29, 0.717) is 44.3 Å².